The topological polar surface area (TPSA) is 68.3 Å². The maximum atomic E-state index is 10.9. The zero-order valence-corrected chi connectivity index (χ0v) is 31.7. The van der Waals surface area contributed by atoms with Crippen LogP contribution in [0.5, 0.6) is 5.75 Å². The highest BCUT2D eigenvalue weighted by Crippen LogP contribution is 2.35. The fraction of sp³-hybridized carbons (Fsp3) is 0.333. The van der Waals surface area contributed by atoms with Crippen LogP contribution in [0.3, 0.4) is 0 Å². The molecule has 0 aliphatic carbocycles. The van der Waals surface area contributed by atoms with Crippen LogP contribution in [0.15, 0.2) is 121 Å². The molecule has 0 radical (unpaired) electrons. The van der Waals surface area contributed by atoms with Crippen molar-refractivity contribution < 1.29 is 5.11 Å². The zero-order chi connectivity index (χ0) is 36.5. The Balaban J connectivity index is 1.25. The maximum absolute atomic E-state index is 10.9. The SMILES string of the molecule is C=C(/C=C\C(=C/C)CC(C)CC(C)(C)C)Nc1ccc(Nc2ccc(Nc3ccc(NCc4cc(C)cc(C(C)(C)C)c4O)cc3)cc2)cc1. The molecule has 0 aromatic heterocycles. The van der Waals surface area contributed by atoms with Crippen LogP contribution >= 0.6 is 0 Å². The first-order chi connectivity index (χ1) is 23.6. The number of benzene rings is 4. The number of anilines is 6. The Kier molecular flexibility index (Phi) is 12.6. The van der Waals surface area contributed by atoms with E-state index in [1.165, 1.54) is 12.0 Å². The fourth-order valence-electron chi connectivity index (χ4n) is 6.27. The van der Waals surface area contributed by atoms with E-state index in [-0.39, 0.29) is 5.41 Å². The average Bonchev–Trinajstić information content (AvgIpc) is 3.04. The molecule has 264 valence electrons. The Morgan fingerprint density at radius 2 is 1.22 bits per heavy atom. The number of aromatic hydroxyl groups is 1. The predicted octanol–water partition coefficient (Wildman–Crippen LogP) is 13.0. The van der Waals surface area contributed by atoms with Gasteiger partial charge in [0.05, 0.1) is 0 Å². The summed E-state index contributed by atoms with van der Waals surface area (Å²) in [5.74, 6) is 1.01. The van der Waals surface area contributed by atoms with Crippen LogP contribution in [0.4, 0.5) is 34.1 Å². The molecule has 5 nitrogen and oxygen atoms in total. The summed E-state index contributed by atoms with van der Waals surface area (Å²) in [7, 11) is 0. The summed E-state index contributed by atoms with van der Waals surface area (Å²) >= 11 is 0. The summed E-state index contributed by atoms with van der Waals surface area (Å²) in [5, 5.41) is 24.7. The van der Waals surface area contributed by atoms with Crippen molar-refractivity contribution in [2.24, 2.45) is 11.3 Å². The van der Waals surface area contributed by atoms with E-state index >= 15 is 0 Å². The number of phenolic OH excluding ortho intramolecular Hbond substituents is 1. The molecule has 0 aliphatic heterocycles. The second kappa shape index (κ2) is 16.7. The number of hydrogen-bond acceptors (Lipinski definition) is 5. The molecule has 0 amide bonds. The highest BCUT2D eigenvalue weighted by atomic mass is 16.3. The lowest BCUT2D eigenvalue weighted by Gasteiger charge is -2.23. The fourth-order valence-corrected chi connectivity index (χ4v) is 6.27. The van der Waals surface area contributed by atoms with Gasteiger partial charge in [0.1, 0.15) is 5.75 Å². The molecule has 5 heteroatoms. The van der Waals surface area contributed by atoms with Crippen LogP contribution < -0.4 is 21.3 Å². The molecule has 0 heterocycles. The van der Waals surface area contributed by atoms with Gasteiger partial charge in [0.2, 0.25) is 0 Å². The molecule has 1 unspecified atom stereocenters. The van der Waals surface area contributed by atoms with E-state index < -0.39 is 0 Å². The summed E-state index contributed by atoms with van der Waals surface area (Å²) < 4.78 is 0. The monoisotopic (exact) mass is 670 g/mol. The lowest BCUT2D eigenvalue weighted by Crippen LogP contribution is -2.13. The van der Waals surface area contributed by atoms with Crippen molar-refractivity contribution in [3.05, 3.63) is 138 Å². The van der Waals surface area contributed by atoms with Crippen molar-refractivity contribution in [2.75, 3.05) is 21.3 Å². The van der Waals surface area contributed by atoms with E-state index in [9.17, 15) is 5.11 Å². The third-order valence-electron chi connectivity index (χ3n) is 8.58. The van der Waals surface area contributed by atoms with Gasteiger partial charge in [0, 0.05) is 51.9 Å². The average molecular weight is 671 g/mol. The Bertz CT molecular complexity index is 1770. The minimum absolute atomic E-state index is 0.119. The van der Waals surface area contributed by atoms with E-state index in [1.54, 1.807) is 0 Å². The van der Waals surface area contributed by atoms with Gasteiger partial charge in [-0.15, -0.1) is 0 Å². The first-order valence-electron chi connectivity index (χ1n) is 17.8. The molecule has 4 aromatic carbocycles. The minimum atomic E-state index is -0.119. The largest absolute Gasteiger partial charge is 0.507 e. The van der Waals surface area contributed by atoms with Gasteiger partial charge in [0.25, 0.3) is 0 Å². The van der Waals surface area contributed by atoms with Gasteiger partial charge >= 0.3 is 0 Å². The Morgan fingerprint density at radius 1 is 0.740 bits per heavy atom. The van der Waals surface area contributed by atoms with Crippen LogP contribution in [0.2, 0.25) is 0 Å². The smallest absolute Gasteiger partial charge is 0.124 e. The molecule has 5 N–H and O–H groups in total. The molecule has 0 fully saturated rings. The molecule has 4 rings (SSSR count). The molecule has 50 heavy (non-hydrogen) atoms. The highest BCUT2D eigenvalue weighted by Gasteiger charge is 2.20. The Labute approximate surface area is 301 Å². The van der Waals surface area contributed by atoms with Gasteiger partial charge in [0.15, 0.2) is 0 Å². The van der Waals surface area contributed by atoms with Crippen LogP contribution in [-0.2, 0) is 12.0 Å². The van der Waals surface area contributed by atoms with E-state index in [0.29, 0.717) is 23.6 Å². The number of allylic oxidation sites excluding steroid dienone is 4. The third kappa shape index (κ3) is 11.9. The Morgan fingerprint density at radius 3 is 1.68 bits per heavy atom. The molecule has 0 bridgehead atoms. The van der Waals surface area contributed by atoms with Gasteiger partial charge in [-0.1, -0.05) is 90.5 Å². The van der Waals surface area contributed by atoms with Gasteiger partial charge in [-0.3, -0.25) is 0 Å². The van der Waals surface area contributed by atoms with Crippen molar-refractivity contribution >= 4 is 34.1 Å². The number of nitrogens with one attached hydrogen (secondary N) is 4. The molecular weight excluding hydrogens is 613 g/mol. The summed E-state index contributed by atoms with van der Waals surface area (Å²) in [6, 6.07) is 28.9. The lowest BCUT2D eigenvalue weighted by atomic mass is 9.83. The number of hydrogen-bond donors (Lipinski definition) is 5. The van der Waals surface area contributed by atoms with Gasteiger partial charge in [-0.2, -0.15) is 0 Å². The summed E-state index contributed by atoms with van der Waals surface area (Å²) in [4.78, 5) is 0. The molecule has 0 spiro atoms. The summed E-state index contributed by atoms with van der Waals surface area (Å²) in [5.41, 5.74) is 11.5. The Hall–Kier alpha value is -4.90. The normalized spacial score (nSPS) is 12.9. The van der Waals surface area contributed by atoms with Crippen LogP contribution in [-0.4, -0.2) is 5.11 Å². The number of phenols is 1. The molecule has 0 saturated carbocycles. The third-order valence-corrected chi connectivity index (χ3v) is 8.58. The summed E-state index contributed by atoms with van der Waals surface area (Å²) in [6.07, 6.45) is 8.71. The predicted molar refractivity (Wildman–Crippen MR) is 218 cm³/mol. The first-order valence-corrected chi connectivity index (χ1v) is 17.8. The van der Waals surface area contributed by atoms with E-state index in [0.717, 1.165) is 62.9 Å². The standard InChI is InChI=1S/C45H58N4O/c1-11-34(26-32(3)29-44(5,6)7)13-12-33(4)47-37-18-20-39(21-19-37)49-41-24-22-40(23-25-41)48-38-16-14-36(15-17-38)46-30-35-27-31(2)28-42(43(35)50)45(8,9)10/h11-25,27-28,32,46-50H,4,26,29-30H2,1-3,5-10H3/b13-12-,34-11+. The second-order valence-electron chi connectivity index (χ2n) is 15.8. The van der Waals surface area contributed by atoms with Crippen molar-refractivity contribution in [3.63, 3.8) is 0 Å². The van der Waals surface area contributed by atoms with Crippen molar-refractivity contribution in [1.82, 2.24) is 0 Å². The van der Waals surface area contributed by atoms with Crippen LogP contribution in [0, 0.1) is 18.3 Å². The van der Waals surface area contributed by atoms with Gasteiger partial charge in [-0.05, 0) is 128 Å². The van der Waals surface area contributed by atoms with E-state index in [2.05, 4.69) is 187 Å². The van der Waals surface area contributed by atoms with Crippen LogP contribution in [0.1, 0.15) is 84.9 Å². The van der Waals surface area contributed by atoms with Crippen molar-refractivity contribution in [3.8, 4) is 5.75 Å². The lowest BCUT2D eigenvalue weighted by molar-refractivity contribution is 0.306. The van der Waals surface area contributed by atoms with Gasteiger partial charge < -0.3 is 26.4 Å². The molecule has 0 saturated heterocycles. The maximum Gasteiger partial charge on any atom is 0.124 e. The molecular formula is C45H58N4O. The molecule has 1 atom stereocenters. The highest BCUT2D eigenvalue weighted by molar-refractivity contribution is 5.68. The van der Waals surface area contributed by atoms with E-state index in [1.807, 2.05) is 6.07 Å². The molecule has 4 aromatic rings. The zero-order valence-electron chi connectivity index (χ0n) is 31.7. The second-order valence-corrected chi connectivity index (χ2v) is 15.8. The quantitative estimate of drug-likeness (QED) is 0.0864. The first kappa shape index (κ1) is 37.9. The summed E-state index contributed by atoms with van der Waals surface area (Å²) in [6.45, 7) is 24.6. The number of aryl methyl sites for hydroxylation is 1. The van der Waals surface area contributed by atoms with Crippen molar-refractivity contribution in [2.45, 2.75) is 87.1 Å². The minimum Gasteiger partial charge on any atom is -0.507 e. The van der Waals surface area contributed by atoms with Crippen LogP contribution in [0.25, 0.3) is 0 Å². The number of rotatable bonds is 14. The van der Waals surface area contributed by atoms with Gasteiger partial charge in [-0.25, -0.2) is 0 Å². The van der Waals surface area contributed by atoms with Crippen molar-refractivity contribution in [1.29, 1.82) is 0 Å². The molecule has 0 aliphatic rings. The van der Waals surface area contributed by atoms with E-state index in [4.69, 9.17) is 0 Å².